The van der Waals surface area contributed by atoms with Gasteiger partial charge in [0.05, 0.1) is 15.6 Å². The Balaban J connectivity index is 2.33. The molecule has 0 aliphatic rings. The lowest BCUT2D eigenvalue weighted by molar-refractivity contribution is 0.101. The van der Waals surface area contributed by atoms with Crippen molar-refractivity contribution in [1.82, 2.24) is 4.57 Å². The molecule has 0 atom stereocenters. The van der Waals surface area contributed by atoms with E-state index in [1.807, 2.05) is 6.92 Å². The molecular formula is C13H14ClN3O3S. The number of aromatic nitrogens is 1. The number of anilines is 1. The molecule has 1 aromatic carbocycles. The van der Waals surface area contributed by atoms with Gasteiger partial charge in [0, 0.05) is 12.7 Å². The van der Waals surface area contributed by atoms with Crippen LogP contribution in [0.3, 0.4) is 0 Å². The molecule has 8 heteroatoms. The van der Waals surface area contributed by atoms with E-state index in [0.717, 1.165) is 0 Å². The molecule has 0 aliphatic carbocycles. The molecule has 0 saturated carbocycles. The molecule has 1 amide bonds. The summed E-state index contributed by atoms with van der Waals surface area (Å²) < 4.78 is 24.4. The number of hydrogen-bond donors (Lipinski definition) is 2. The molecule has 0 spiro atoms. The first-order valence-electron chi connectivity index (χ1n) is 6.11. The van der Waals surface area contributed by atoms with Gasteiger partial charge in [0.25, 0.3) is 5.91 Å². The fourth-order valence-electron chi connectivity index (χ4n) is 1.86. The fraction of sp³-hybridized carbons (Fsp3) is 0.154. The number of carbonyl (C=O) groups is 1. The van der Waals surface area contributed by atoms with E-state index in [2.05, 4.69) is 5.32 Å². The third-order valence-corrected chi connectivity index (χ3v) is 4.16. The maximum atomic E-state index is 12.2. The molecule has 3 N–H and O–H groups in total. The molecule has 0 saturated heterocycles. The quantitative estimate of drug-likeness (QED) is 0.899. The monoisotopic (exact) mass is 327 g/mol. The van der Waals surface area contributed by atoms with Crippen molar-refractivity contribution in [3.05, 3.63) is 47.2 Å². The van der Waals surface area contributed by atoms with Crippen molar-refractivity contribution in [2.24, 2.45) is 5.14 Å². The summed E-state index contributed by atoms with van der Waals surface area (Å²) in [5.74, 6) is -0.379. The Morgan fingerprint density at radius 1 is 1.38 bits per heavy atom. The highest BCUT2D eigenvalue weighted by Gasteiger charge is 2.15. The van der Waals surface area contributed by atoms with E-state index in [1.54, 1.807) is 22.9 Å². The number of hydrogen-bond acceptors (Lipinski definition) is 3. The molecule has 0 radical (unpaired) electrons. The maximum Gasteiger partial charge on any atom is 0.272 e. The number of halogens is 1. The van der Waals surface area contributed by atoms with Gasteiger partial charge >= 0.3 is 0 Å². The smallest absolute Gasteiger partial charge is 0.272 e. The summed E-state index contributed by atoms with van der Waals surface area (Å²) in [5.41, 5.74) is 0.645. The van der Waals surface area contributed by atoms with Crippen LogP contribution in [0.4, 0.5) is 5.69 Å². The number of primary sulfonamides is 1. The van der Waals surface area contributed by atoms with Crippen LogP contribution in [-0.2, 0) is 16.6 Å². The van der Waals surface area contributed by atoms with Crippen LogP contribution in [0, 0.1) is 0 Å². The summed E-state index contributed by atoms with van der Waals surface area (Å²) >= 11 is 5.97. The van der Waals surface area contributed by atoms with Crippen molar-refractivity contribution in [1.29, 1.82) is 0 Å². The highest BCUT2D eigenvalue weighted by molar-refractivity contribution is 7.89. The van der Waals surface area contributed by atoms with Gasteiger partial charge in [-0.1, -0.05) is 11.6 Å². The standard InChI is InChI=1S/C13H14ClN3O3S/c1-2-17-7-3-4-12(17)13(18)16-11-8-9(21(15,19)20)5-6-10(11)14/h3-8H,2H2,1H3,(H,16,18)(H2,15,19,20). The van der Waals surface area contributed by atoms with Gasteiger partial charge in [-0.15, -0.1) is 0 Å². The molecule has 6 nitrogen and oxygen atoms in total. The van der Waals surface area contributed by atoms with Crippen LogP contribution >= 0.6 is 11.6 Å². The van der Waals surface area contributed by atoms with Gasteiger partial charge in [0.1, 0.15) is 5.69 Å². The summed E-state index contributed by atoms with van der Waals surface area (Å²) in [5, 5.41) is 7.87. The first-order valence-corrected chi connectivity index (χ1v) is 8.04. The Kier molecular flexibility index (Phi) is 4.36. The van der Waals surface area contributed by atoms with Gasteiger partial charge in [0.15, 0.2) is 0 Å². The van der Waals surface area contributed by atoms with Crippen molar-refractivity contribution in [3.63, 3.8) is 0 Å². The number of amides is 1. The lowest BCUT2D eigenvalue weighted by atomic mass is 10.3. The van der Waals surface area contributed by atoms with Gasteiger partial charge in [-0.2, -0.15) is 0 Å². The number of sulfonamides is 1. The van der Waals surface area contributed by atoms with Crippen molar-refractivity contribution in [2.75, 3.05) is 5.32 Å². The zero-order chi connectivity index (χ0) is 15.6. The van der Waals surface area contributed by atoms with Gasteiger partial charge in [-0.05, 0) is 37.3 Å². The molecule has 112 valence electrons. The van der Waals surface area contributed by atoms with E-state index >= 15 is 0 Å². The van der Waals surface area contributed by atoms with Gasteiger partial charge in [-0.3, -0.25) is 4.79 Å². The Hall–Kier alpha value is -1.83. The summed E-state index contributed by atoms with van der Waals surface area (Å²) in [7, 11) is -3.86. The van der Waals surface area contributed by atoms with E-state index in [4.69, 9.17) is 16.7 Å². The predicted octanol–water partition coefficient (Wildman–Crippen LogP) is 2.06. The minimum Gasteiger partial charge on any atom is -0.344 e. The first kappa shape index (κ1) is 15.6. The van der Waals surface area contributed by atoms with Crippen LogP contribution in [-0.4, -0.2) is 18.9 Å². The second kappa shape index (κ2) is 5.88. The van der Waals surface area contributed by atoms with Crippen molar-refractivity contribution in [3.8, 4) is 0 Å². The highest BCUT2D eigenvalue weighted by Crippen LogP contribution is 2.25. The molecule has 1 aromatic heterocycles. The third-order valence-electron chi connectivity index (χ3n) is 2.92. The minimum absolute atomic E-state index is 0.118. The summed E-state index contributed by atoms with van der Waals surface area (Å²) in [4.78, 5) is 12.1. The topological polar surface area (TPSA) is 94.2 Å². The molecule has 1 heterocycles. The Bertz CT molecular complexity index is 784. The lowest BCUT2D eigenvalue weighted by Gasteiger charge is -2.10. The average molecular weight is 328 g/mol. The Labute approximate surface area is 127 Å². The molecule has 0 bridgehead atoms. The Morgan fingerprint density at radius 2 is 2.10 bits per heavy atom. The Morgan fingerprint density at radius 3 is 2.71 bits per heavy atom. The second-order valence-corrected chi connectivity index (χ2v) is 6.29. The van der Waals surface area contributed by atoms with Crippen molar-refractivity contribution < 1.29 is 13.2 Å². The number of aryl methyl sites for hydroxylation is 1. The molecule has 2 aromatic rings. The number of nitrogens with zero attached hydrogens (tertiary/aromatic N) is 1. The van der Waals surface area contributed by atoms with Crippen molar-refractivity contribution >= 4 is 33.2 Å². The molecule has 21 heavy (non-hydrogen) atoms. The molecule has 2 rings (SSSR count). The van der Waals surface area contributed by atoms with Crippen LogP contribution in [0.5, 0.6) is 0 Å². The van der Waals surface area contributed by atoms with Crippen LogP contribution in [0.2, 0.25) is 5.02 Å². The summed E-state index contributed by atoms with van der Waals surface area (Å²) in [6.07, 6.45) is 1.78. The second-order valence-electron chi connectivity index (χ2n) is 4.32. The number of benzene rings is 1. The van der Waals surface area contributed by atoms with E-state index in [-0.39, 0.29) is 21.5 Å². The highest BCUT2D eigenvalue weighted by atomic mass is 35.5. The molecule has 0 unspecified atom stereocenters. The summed E-state index contributed by atoms with van der Waals surface area (Å²) in [6.45, 7) is 2.55. The number of nitrogens with one attached hydrogen (secondary N) is 1. The number of nitrogens with two attached hydrogens (primary N) is 1. The lowest BCUT2D eigenvalue weighted by Crippen LogP contribution is -2.17. The minimum atomic E-state index is -3.86. The maximum absolute atomic E-state index is 12.2. The predicted molar refractivity (Wildman–Crippen MR) is 80.9 cm³/mol. The third kappa shape index (κ3) is 3.44. The first-order chi connectivity index (χ1) is 9.82. The molecule has 0 fully saturated rings. The number of rotatable bonds is 4. The zero-order valence-corrected chi connectivity index (χ0v) is 12.8. The van der Waals surface area contributed by atoms with Crippen LogP contribution in [0.25, 0.3) is 0 Å². The van der Waals surface area contributed by atoms with Gasteiger partial charge in [0.2, 0.25) is 10.0 Å². The average Bonchev–Trinajstić information content (AvgIpc) is 2.88. The molecule has 0 aliphatic heterocycles. The van der Waals surface area contributed by atoms with Crippen LogP contribution in [0.1, 0.15) is 17.4 Å². The van der Waals surface area contributed by atoms with E-state index < -0.39 is 10.0 Å². The number of carbonyl (C=O) groups excluding carboxylic acids is 1. The largest absolute Gasteiger partial charge is 0.344 e. The normalized spacial score (nSPS) is 11.4. The molecular weight excluding hydrogens is 314 g/mol. The van der Waals surface area contributed by atoms with Crippen molar-refractivity contribution in [2.45, 2.75) is 18.4 Å². The zero-order valence-electron chi connectivity index (χ0n) is 11.2. The van der Waals surface area contributed by atoms with Crippen LogP contribution < -0.4 is 10.5 Å². The fourth-order valence-corrected chi connectivity index (χ4v) is 2.56. The van der Waals surface area contributed by atoms with E-state index in [1.165, 1.54) is 18.2 Å². The summed E-state index contributed by atoms with van der Waals surface area (Å²) in [6, 6.07) is 7.30. The van der Waals surface area contributed by atoms with Gasteiger partial charge in [-0.25, -0.2) is 13.6 Å². The van der Waals surface area contributed by atoms with Gasteiger partial charge < -0.3 is 9.88 Å². The van der Waals surface area contributed by atoms with Crippen LogP contribution in [0.15, 0.2) is 41.4 Å². The van der Waals surface area contributed by atoms with E-state index in [9.17, 15) is 13.2 Å². The van der Waals surface area contributed by atoms with E-state index in [0.29, 0.717) is 12.2 Å². The SMILES string of the molecule is CCn1cccc1C(=O)Nc1cc(S(N)(=O)=O)ccc1Cl.